The summed E-state index contributed by atoms with van der Waals surface area (Å²) >= 11 is 0. The Kier molecular flexibility index (Phi) is 4.00. The fourth-order valence-electron chi connectivity index (χ4n) is 2.24. The smallest absolute Gasteiger partial charge is 0.224 e. The summed E-state index contributed by atoms with van der Waals surface area (Å²) < 4.78 is 0. The molecular formula is C15H18N2O2. The van der Waals surface area contributed by atoms with Crippen molar-refractivity contribution in [2.45, 2.75) is 26.2 Å². The van der Waals surface area contributed by atoms with Gasteiger partial charge in [0.1, 0.15) is 0 Å². The van der Waals surface area contributed by atoms with Gasteiger partial charge < -0.3 is 10.2 Å². The molecule has 2 rings (SSSR count). The summed E-state index contributed by atoms with van der Waals surface area (Å²) in [4.78, 5) is 24.9. The van der Waals surface area contributed by atoms with Crippen molar-refractivity contribution in [3.05, 3.63) is 36.4 Å². The van der Waals surface area contributed by atoms with Crippen molar-refractivity contribution >= 4 is 23.2 Å². The van der Waals surface area contributed by atoms with E-state index in [4.69, 9.17) is 0 Å². The van der Waals surface area contributed by atoms with E-state index in [1.807, 2.05) is 18.2 Å². The minimum atomic E-state index is -0.0350. The molecule has 0 aliphatic carbocycles. The molecule has 0 atom stereocenters. The first-order chi connectivity index (χ1) is 9.11. The molecule has 4 nitrogen and oxygen atoms in total. The number of nitrogens with zero attached hydrogens (tertiary/aromatic N) is 1. The number of anilines is 2. The van der Waals surface area contributed by atoms with E-state index >= 15 is 0 Å². The van der Waals surface area contributed by atoms with E-state index in [1.165, 1.54) is 0 Å². The fraction of sp³-hybridized carbons (Fsp3) is 0.333. The van der Waals surface area contributed by atoms with E-state index < -0.39 is 0 Å². The van der Waals surface area contributed by atoms with Crippen LogP contribution in [0.5, 0.6) is 0 Å². The third kappa shape index (κ3) is 3.02. The molecule has 0 saturated carbocycles. The Labute approximate surface area is 113 Å². The van der Waals surface area contributed by atoms with E-state index in [-0.39, 0.29) is 11.8 Å². The Morgan fingerprint density at radius 3 is 2.95 bits per heavy atom. The van der Waals surface area contributed by atoms with Crippen LogP contribution in [0.4, 0.5) is 11.4 Å². The van der Waals surface area contributed by atoms with Crippen molar-refractivity contribution in [1.29, 1.82) is 0 Å². The average molecular weight is 258 g/mol. The molecule has 100 valence electrons. The molecule has 1 N–H and O–H groups in total. The van der Waals surface area contributed by atoms with Crippen LogP contribution in [-0.2, 0) is 16.0 Å². The largest absolute Gasteiger partial charge is 0.326 e. The van der Waals surface area contributed by atoms with Gasteiger partial charge in [0.2, 0.25) is 11.8 Å². The molecule has 1 aromatic carbocycles. The predicted octanol–water partition coefficient (Wildman–Crippen LogP) is 2.50. The Balaban J connectivity index is 2.12. The van der Waals surface area contributed by atoms with Gasteiger partial charge in [-0.1, -0.05) is 12.1 Å². The van der Waals surface area contributed by atoms with Gasteiger partial charge in [-0.05, 0) is 30.5 Å². The topological polar surface area (TPSA) is 49.4 Å². The van der Waals surface area contributed by atoms with Gasteiger partial charge in [0, 0.05) is 31.3 Å². The minimum Gasteiger partial charge on any atom is -0.326 e. The minimum absolute atomic E-state index is 0.0350. The molecule has 1 heterocycles. The number of carbonyl (C=O) groups excluding carboxylic acids is 2. The highest BCUT2D eigenvalue weighted by Crippen LogP contribution is 2.30. The van der Waals surface area contributed by atoms with Gasteiger partial charge in [-0.15, -0.1) is 6.58 Å². The van der Waals surface area contributed by atoms with Gasteiger partial charge in [-0.3, -0.25) is 9.59 Å². The van der Waals surface area contributed by atoms with Crippen LogP contribution in [-0.4, -0.2) is 18.4 Å². The van der Waals surface area contributed by atoms with Crippen molar-refractivity contribution in [2.24, 2.45) is 0 Å². The number of hydrogen-bond donors (Lipinski definition) is 1. The zero-order valence-corrected chi connectivity index (χ0v) is 11.1. The third-order valence-corrected chi connectivity index (χ3v) is 3.22. The van der Waals surface area contributed by atoms with Crippen LogP contribution in [0.25, 0.3) is 0 Å². The highest BCUT2D eigenvalue weighted by Gasteiger charge is 2.22. The van der Waals surface area contributed by atoms with Crippen LogP contribution < -0.4 is 10.2 Å². The number of carbonyl (C=O) groups is 2. The molecule has 1 aliphatic heterocycles. The zero-order chi connectivity index (χ0) is 13.8. The van der Waals surface area contributed by atoms with Gasteiger partial charge in [0.05, 0.1) is 0 Å². The van der Waals surface area contributed by atoms with Crippen LogP contribution in [0.1, 0.15) is 25.3 Å². The van der Waals surface area contributed by atoms with Gasteiger partial charge >= 0.3 is 0 Å². The van der Waals surface area contributed by atoms with Gasteiger partial charge in [0.25, 0.3) is 0 Å². The van der Waals surface area contributed by atoms with Crippen LogP contribution >= 0.6 is 0 Å². The maximum atomic E-state index is 11.6. The van der Waals surface area contributed by atoms with E-state index in [2.05, 4.69) is 11.9 Å². The monoisotopic (exact) mass is 258 g/mol. The van der Waals surface area contributed by atoms with E-state index in [1.54, 1.807) is 17.9 Å². The number of amides is 2. The molecule has 0 aromatic heterocycles. The first-order valence-electron chi connectivity index (χ1n) is 6.43. The summed E-state index contributed by atoms with van der Waals surface area (Å²) in [6, 6.07) is 5.73. The molecule has 19 heavy (non-hydrogen) atoms. The maximum Gasteiger partial charge on any atom is 0.224 e. The fourth-order valence-corrected chi connectivity index (χ4v) is 2.24. The Bertz CT molecular complexity index is 523. The Morgan fingerprint density at radius 2 is 2.26 bits per heavy atom. The number of hydrogen-bond acceptors (Lipinski definition) is 2. The highest BCUT2D eigenvalue weighted by atomic mass is 16.2. The Hall–Kier alpha value is -2.10. The molecule has 0 bridgehead atoms. The second-order valence-electron chi connectivity index (χ2n) is 4.64. The molecule has 0 fully saturated rings. The molecule has 0 saturated heterocycles. The summed E-state index contributed by atoms with van der Waals surface area (Å²) in [7, 11) is 0. The predicted molar refractivity (Wildman–Crippen MR) is 76.2 cm³/mol. The maximum absolute atomic E-state index is 11.6. The lowest BCUT2D eigenvalue weighted by molar-refractivity contribution is -0.117. The molecule has 4 heteroatoms. The third-order valence-electron chi connectivity index (χ3n) is 3.22. The summed E-state index contributed by atoms with van der Waals surface area (Å²) in [6.45, 7) is 5.87. The van der Waals surface area contributed by atoms with Crippen molar-refractivity contribution < 1.29 is 9.59 Å². The molecule has 0 radical (unpaired) electrons. The van der Waals surface area contributed by atoms with Crippen molar-refractivity contribution in [1.82, 2.24) is 0 Å². The standard InChI is InChI=1S/C15H18N2O2/c1-3-4-5-15(19)16-13-7-6-12-8-9-17(11(2)18)14(12)10-13/h3,6-7,10H,1,4-5,8-9H2,2H3,(H,16,19). The van der Waals surface area contributed by atoms with E-state index in [9.17, 15) is 9.59 Å². The molecule has 0 spiro atoms. The lowest BCUT2D eigenvalue weighted by Gasteiger charge is -2.15. The summed E-state index contributed by atoms with van der Waals surface area (Å²) in [5.41, 5.74) is 2.80. The quantitative estimate of drug-likeness (QED) is 0.843. The second-order valence-corrected chi connectivity index (χ2v) is 4.64. The number of allylic oxidation sites excluding steroid dienone is 1. The number of fused-ring (bicyclic) bond motifs is 1. The lowest BCUT2D eigenvalue weighted by atomic mass is 10.1. The second kappa shape index (κ2) is 5.69. The summed E-state index contributed by atoms with van der Waals surface area (Å²) in [5.74, 6) is 0.00102. The SMILES string of the molecule is C=CCCC(=O)Nc1ccc2c(c1)N(C(C)=O)CC2. The van der Waals surface area contributed by atoms with Crippen molar-refractivity contribution in [3.63, 3.8) is 0 Å². The molecule has 0 unspecified atom stereocenters. The molecular weight excluding hydrogens is 240 g/mol. The first-order valence-corrected chi connectivity index (χ1v) is 6.43. The lowest BCUT2D eigenvalue weighted by Crippen LogP contribution is -2.25. The van der Waals surface area contributed by atoms with Gasteiger partial charge in [-0.25, -0.2) is 0 Å². The normalized spacial score (nSPS) is 13.0. The first kappa shape index (κ1) is 13.3. The average Bonchev–Trinajstić information content (AvgIpc) is 2.79. The van der Waals surface area contributed by atoms with Crippen LogP contribution in [0.15, 0.2) is 30.9 Å². The molecule has 2 amide bonds. The Morgan fingerprint density at radius 1 is 1.47 bits per heavy atom. The van der Waals surface area contributed by atoms with Crippen molar-refractivity contribution in [2.75, 3.05) is 16.8 Å². The molecule has 1 aromatic rings. The van der Waals surface area contributed by atoms with Crippen molar-refractivity contribution in [3.8, 4) is 0 Å². The van der Waals surface area contributed by atoms with Gasteiger partial charge in [0.15, 0.2) is 0 Å². The van der Waals surface area contributed by atoms with E-state index in [0.717, 1.165) is 29.9 Å². The number of rotatable bonds is 4. The van der Waals surface area contributed by atoms with Crippen LogP contribution in [0.2, 0.25) is 0 Å². The number of benzene rings is 1. The highest BCUT2D eigenvalue weighted by molar-refractivity contribution is 5.96. The van der Waals surface area contributed by atoms with E-state index in [0.29, 0.717) is 12.8 Å². The zero-order valence-electron chi connectivity index (χ0n) is 11.1. The summed E-state index contributed by atoms with van der Waals surface area (Å²) in [5, 5.41) is 2.84. The molecule has 1 aliphatic rings. The van der Waals surface area contributed by atoms with Gasteiger partial charge in [-0.2, -0.15) is 0 Å². The number of nitrogens with one attached hydrogen (secondary N) is 1. The summed E-state index contributed by atoms with van der Waals surface area (Å²) in [6.07, 6.45) is 3.69. The van der Waals surface area contributed by atoms with Crippen LogP contribution in [0.3, 0.4) is 0 Å². The van der Waals surface area contributed by atoms with Crippen LogP contribution in [0, 0.1) is 0 Å².